The molecule has 3 N–H and O–H groups in total. The van der Waals surface area contributed by atoms with Gasteiger partial charge in [-0.2, -0.15) is 0 Å². The van der Waals surface area contributed by atoms with E-state index in [1.807, 2.05) is 31.2 Å². The molecule has 0 aromatic heterocycles. The standard InChI is InChI=1S/C14H23NO.ClH/c1-10-6-5-7-11(8-10)12(16)9-13(15)14(2,3)4;/h5-8,12-13,16H,9,15H2,1-4H3;1H/t12-,13+;/m0./s1. The van der Waals surface area contributed by atoms with Crippen LogP contribution in [0.15, 0.2) is 24.3 Å². The van der Waals surface area contributed by atoms with Gasteiger partial charge in [0.05, 0.1) is 6.10 Å². The van der Waals surface area contributed by atoms with Crippen LogP contribution in [0.5, 0.6) is 0 Å². The van der Waals surface area contributed by atoms with E-state index < -0.39 is 6.10 Å². The number of hydrogen-bond donors (Lipinski definition) is 2. The molecule has 98 valence electrons. The molecule has 0 unspecified atom stereocenters. The number of aliphatic hydroxyl groups excluding tert-OH is 1. The Morgan fingerprint density at radius 3 is 2.35 bits per heavy atom. The van der Waals surface area contributed by atoms with Crippen LogP contribution in [0, 0.1) is 12.3 Å². The van der Waals surface area contributed by atoms with Crippen molar-refractivity contribution in [2.24, 2.45) is 11.1 Å². The average Bonchev–Trinajstić information content (AvgIpc) is 2.16. The van der Waals surface area contributed by atoms with Crippen LogP contribution in [0.2, 0.25) is 0 Å². The van der Waals surface area contributed by atoms with Crippen molar-refractivity contribution in [1.29, 1.82) is 0 Å². The summed E-state index contributed by atoms with van der Waals surface area (Å²) < 4.78 is 0. The van der Waals surface area contributed by atoms with Crippen LogP contribution in [0.25, 0.3) is 0 Å². The molecular weight excluding hydrogens is 234 g/mol. The smallest absolute Gasteiger partial charge is 0.0805 e. The summed E-state index contributed by atoms with van der Waals surface area (Å²) in [7, 11) is 0. The quantitative estimate of drug-likeness (QED) is 0.874. The predicted molar refractivity (Wildman–Crippen MR) is 75.4 cm³/mol. The number of nitrogens with two attached hydrogens (primary N) is 1. The fraction of sp³-hybridized carbons (Fsp3) is 0.571. The molecule has 1 rings (SSSR count). The topological polar surface area (TPSA) is 46.2 Å². The van der Waals surface area contributed by atoms with Gasteiger partial charge in [-0.25, -0.2) is 0 Å². The molecule has 1 aromatic carbocycles. The van der Waals surface area contributed by atoms with Crippen LogP contribution in [0.4, 0.5) is 0 Å². The van der Waals surface area contributed by atoms with Gasteiger partial charge in [0.1, 0.15) is 0 Å². The highest BCUT2D eigenvalue weighted by atomic mass is 35.5. The minimum absolute atomic E-state index is 0. The second kappa shape index (κ2) is 6.39. The Morgan fingerprint density at radius 2 is 1.88 bits per heavy atom. The van der Waals surface area contributed by atoms with Crippen LogP contribution >= 0.6 is 12.4 Å². The Morgan fingerprint density at radius 1 is 1.29 bits per heavy atom. The molecule has 0 aliphatic heterocycles. The lowest BCUT2D eigenvalue weighted by atomic mass is 9.83. The molecule has 0 radical (unpaired) electrons. The summed E-state index contributed by atoms with van der Waals surface area (Å²) in [5, 5.41) is 10.1. The van der Waals surface area contributed by atoms with E-state index in [2.05, 4.69) is 20.8 Å². The summed E-state index contributed by atoms with van der Waals surface area (Å²) in [5.74, 6) is 0. The predicted octanol–water partition coefficient (Wildman–Crippen LogP) is 3.21. The monoisotopic (exact) mass is 257 g/mol. The summed E-state index contributed by atoms with van der Waals surface area (Å²) in [6, 6.07) is 7.96. The van der Waals surface area contributed by atoms with E-state index in [9.17, 15) is 5.11 Å². The highest BCUT2D eigenvalue weighted by Gasteiger charge is 2.23. The third-order valence-electron chi connectivity index (χ3n) is 3.02. The normalized spacial score (nSPS) is 14.9. The van der Waals surface area contributed by atoms with Crippen molar-refractivity contribution in [3.63, 3.8) is 0 Å². The lowest BCUT2D eigenvalue weighted by molar-refractivity contribution is 0.133. The number of aliphatic hydroxyl groups is 1. The Bertz CT molecular complexity index is 346. The molecule has 0 spiro atoms. The van der Waals surface area contributed by atoms with Gasteiger partial charge in [0, 0.05) is 6.04 Å². The van der Waals surface area contributed by atoms with E-state index in [1.165, 1.54) is 5.56 Å². The second-order valence-electron chi connectivity index (χ2n) is 5.64. The SMILES string of the molecule is Cc1cccc([C@@H](O)C[C@@H](N)C(C)(C)C)c1.Cl. The number of rotatable bonds is 3. The zero-order valence-electron chi connectivity index (χ0n) is 11.1. The molecular formula is C14H24ClNO. The highest BCUT2D eigenvalue weighted by molar-refractivity contribution is 5.85. The van der Waals surface area contributed by atoms with Crippen LogP contribution in [-0.2, 0) is 0 Å². The molecule has 0 aliphatic rings. The summed E-state index contributed by atoms with van der Waals surface area (Å²) in [5.41, 5.74) is 8.23. The van der Waals surface area contributed by atoms with E-state index in [0.717, 1.165) is 5.56 Å². The molecule has 0 heterocycles. The minimum Gasteiger partial charge on any atom is -0.388 e. The average molecular weight is 258 g/mol. The van der Waals surface area contributed by atoms with E-state index in [0.29, 0.717) is 6.42 Å². The third-order valence-corrected chi connectivity index (χ3v) is 3.02. The maximum atomic E-state index is 10.1. The molecule has 0 saturated heterocycles. The van der Waals surface area contributed by atoms with Crippen molar-refractivity contribution in [2.45, 2.75) is 46.3 Å². The van der Waals surface area contributed by atoms with Crippen molar-refractivity contribution >= 4 is 12.4 Å². The number of benzene rings is 1. The molecule has 1 aromatic rings. The molecule has 0 saturated carbocycles. The Hall–Kier alpha value is -0.570. The summed E-state index contributed by atoms with van der Waals surface area (Å²) >= 11 is 0. The van der Waals surface area contributed by atoms with Crippen LogP contribution < -0.4 is 5.73 Å². The first-order chi connectivity index (χ1) is 7.30. The van der Waals surface area contributed by atoms with Gasteiger partial charge < -0.3 is 10.8 Å². The Balaban J connectivity index is 0.00000256. The molecule has 0 amide bonds. The Labute approximate surface area is 111 Å². The first kappa shape index (κ1) is 16.4. The lowest BCUT2D eigenvalue weighted by Crippen LogP contribution is -2.36. The van der Waals surface area contributed by atoms with Gasteiger partial charge in [0.15, 0.2) is 0 Å². The maximum Gasteiger partial charge on any atom is 0.0805 e. The van der Waals surface area contributed by atoms with Crippen molar-refractivity contribution in [3.05, 3.63) is 35.4 Å². The fourth-order valence-corrected chi connectivity index (χ4v) is 1.61. The zero-order valence-corrected chi connectivity index (χ0v) is 11.9. The van der Waals surface area contributed by atoms with Crippen molar-refractivity contribution in [1.82, 2.24) is 0 Å². The first-order valence-electron chi connectivity index (χ1n) is 5.81. The van der Waals surface area contributed by atoms with Gasteiger partial charge in [0.25, 0.3) is 0 Å². The molecule has 3 heteroatoms. The highest BCUT2D eigenvalue weighted by Crippen LogP contribution is 2.26. The fourth-order valence-electron chi connectivity index (χ4n) is 1.61. The molecule has 17 heavy (non-hydrogen) atoms. The largest absolute Gasteiger partial charge is 0.388 e. The number of aryl methyl sites for hydroxylation is 1. The van der Waals surface area contributed by atoms with Crippen LogP contribution in [0.3, 0.4) is 0 Å². The van der Waals surface area contributed by atoms with Gasteiger partial charge >= 0.3 is 0 Å². The van der Waals surface area contributed by atoms with Gasteiger partial charge in [0.2, 0.25) is 0 Å². The maximum absolute atomic E-state index is 10.1. The molecule has 2 nitrogen and oxygen atoms in total. The molecule has 0 fully saturated rings. The molecule has 0 bridgehead atoms. The van der Waals surface area contributed by atoms with Crippen molar-refractivity contribution in [2.75, 3.05) is 0 Å². The molecule has 0 aliphatic carbocycles. The van der Waals surface area contributed by atoms with Gasteiger partial charge in [-0.3, -0.25) is 0 Å². The summed E-state index contributed by atoms with van der Waals surface area (Å²) in [4.78, 5) is 0. The van der Waals surface area contributed by atoms with Gasteiger partial charge in [-0.1, -0.05) is 50.6 Å². The van der Waals surface area contributed by atoms with Crippen molar-refractivity contribution < 1.29 is 5.11 Å². The summed E-state index contributed by atoms with van der Waals surface area (Å²) in [6.45, 7) is 8.32. The van der Waals surface area contributed by atoms with E-state index in [1.54, 1.807) is 0 Å². The van der Waals surface area contributed by atoms with E-state index in [4.69, 9.17) is 5.73 Å². The van der Waals surface area contributed by atoms with Gasteiger partial charge in [-0.05, 0) is 24.3 Å². The van der Waals surface area contributed by atoms with Crippen LogP contribution in [-0.4, -0.2) is 11.1 Å². The zero-order chi connectivity index (χ0) is 12.3. The first-order valence-corrected chi connectivity index (χ1v) is 5.81. The number of hydrogen-bond acceptors (Lipinski definition) is 2. The second-order valence-corrected chi connectivity index (χ2v) is 5.64. The Kier molecular flexibility index (Phi) is 6.17. The summed E-state index contributed by atoms with van der Waals surface area (Å²) in [6.07, 6.45) is 0.140. The molecule has 2 atom stereocenters. The van der Waals surface area contributed by atoms with Crippen molar-refractivity contribution in [3.8, 4) is 0 Å². The minimum atomic E-state index is -0.464. The van der Waals surface area contributed by atoms with E-state index in [-0.39, 0.29) is 23.9 Å². The number of halogens is 1. The lowest BCUT2D eigenvalue weighted by Gasteiger charge is -2.29. The third kappa shape index (κ3) is 5.07. The van der Waals surface area contributed by atoms with E-state index >= 15 is 0 Å². The van der Waals surface area contributed by atoms with Gasteiger partial charge in [-0.15, -0.1) is 12.4 Å². The van der Waals surface area contributed by atoms with Crippen LogP contribution in [0.1, 0.15) is 44.4 Å².